The van der Waals surface area contributed by atoms with Gasteiger partial charge in [-0.3, -0.25) is 0 Å². The van der Waals surface area contributed by atoms with E-state index in [9.17, 15) is 13.6 Å². The van der Waals surface area contributed by atoms with E-state index in [1.807, 2.05) is 11.9 Å². The van der Waals surface area contributed by atoms with Crippen molar-refractivity contribution < 1.29 is 13.6 Å². The molecule has 3 unspecified atom stereocenters. The van der Waals surface area contributed by atoms with E-state index >= 15 is 0 Å². The van der Waals surface area contributed by atoms with E-state index in [-0.39, 0.29) is 30.8 Å². The Labute approximate surface area is 117 Å². The predicted octanol–water partition coefficient (Wildman–Crippen LogP) is 1.80. The molecule has 0 radical (unpaired) electrons. The molecule has 1 aliphatic heterocycles. The lowest BCUT2D eigenvalue weighted by Crippen LogP contribution is -2.41. The Morgan fingerprint density at radius 1 is 1.55 bits per heavy atom. The van der Waals surface area contributed by atoms with Gasteiger partial charge in [-0.05, 0) is 18.7 Å². The van der Waals surface area contributed by atoms with Crippen LogP contribution in [-0.4, -0.2) is 30.3 Å². The molecule has 2 rings (SSSR count). The molecule has 4 nitrogen and oxygen atoms in total. The van der Waals surface area contributed by atoms with Crippen molar-refractivity contribution in [2.75, 3.05) is 7.05 Å². The average Bonchev–Trinajstić information content (AvgIpc) is 2.91. The first-order valence-electron chi connectivity index (χ1n) is 6.84. The van der Waals surface area contributed by atoms with Gasteiger partial charge in [0.05, 0.1) is 11.6 Å². The summed E-state index contributed by atoms with van der Waals surface area (Å²) >= 11 is 0. The van der Waals surface area contributed by atoms with Crippen LogP contribution in [0.1, 0.15) is 26.2 Å². The van der Waals surface area contributed by atoms with Crippen LogP contribution in [0.5, 0.6) is 0 Å². The number of rotatable bonds is 4. The van der Waals surface area contributed by atoms with Crippen LogP contribution in [-0.2, 0) is 4.79 Å². The third kappa shape index (κ3) is 2.64. The third-order valence-electron chi connectivity index (χ3n) is 4.18. The number of nitrogens with one attached hydrogen (secondary N) is 1. The lowest BCUT2D eigenvalue weighted by atomic mass is 10.0. The van der Waals surface area contributed by atoms with Crippen molar-refractivity contribution >= 4 is 6.29 Å². The molecule has 0 spiro atoms. The number of allylic oxidation sites excluding steroid dienone is 2. The molecule has 2 aliphatic rings. The largest absolute Gasteiger partial charge is 0.405 e. The summed E-state index contributed by atoms with van der Waals surface area (Å²) < 4.78 is 26.8. The SMILES string of the molecule is CC(C=O)C1=C(/C=C\N)N(C)C(C2CCC(F)(F)C2)N1. The number of nitrogens with zero attached hydrogens (tertiary/aromatic N) is 1. The van der Waals surface area contributed by atoms with Gasteiger partial charge in [-0.15, -0.1) is 0 Å². The maximum atomic E-state index is 13.4. The maximum absolute atomic E-state index is 13.4. The zero-order valence-electron chi connectivity index (χ0n) is 11.8. The Kier molecular flexibility index (Phi) is 4.01. The van der Waals surface area contributed by atoms with Crippen LogP contribution < -0.4 is 11.1 Å². The summed E-state index contributed by atoms with van der Waals surface area (Å²) in [6.07, 6.45) is 4.05. The number of likely N-dealkylation sites (N-methyl/N-ethyl adjacent to an activating group) is 1. The maximum Gasteiger partial charge on any atom is 0.248 e. The zero-order chi connectivity index (χ0) is 14.9. The van der Waals surface area contributed by atoms with Gasteiger partial charge in [0.2, 0.25) is 5.92 Å². The molecule has 0 amide bonds. The second-order valence-corrected chi connectivity index (χ2v) is 5.64. The van der Waals surface area contributed by atoms with Crippen molar-refractivity contribution in [2.45, 2.75) is 38.3 Å². The van der Waals surface area contributed by atoms with Gasteiger partial charge in [0.15, 0.2) is 0 Å². The van der Waals surface area contributed by atoms with Gasteiger partial charge in [0.25, 0.3) is 0 Å². The Balaban J connectivity index is 2.20. The van der Waals surface area contributed by atoms with Crippen molar-refractivity contribution in [3.8, 4) is 0 Å². The lowest BCUT2D eigenvalue weighted by Gasteiger charge is -2.29. The highest BCUT2D eigenvalue weighted by atomic mass is 19.3. The molecular formula is C14H21F2N3O. The number of halogens is 2. The molecule has 112 valence electrons. The molecule has 0 aromatic carbocycles. The number of carbonyl (C=O) groups is 1. The van der Waals surface area contributed by atoms with Gasteiger partial charge in [-0.25, -0.2) is 8.78 Å². The second kappa shape index (κ2) is 5.42. The number of aldehydes is 1. The van der Waals surface area contributed by atoms with Gasteiger partial charge in [-0.1, -0.05) is 6.92 Å². The van der Waals surface area contributed by atoms with E-state index in [4.69, 9.17) is 5.73 Å². The Morgan fingerprint density at radius 2 is 2.25 bits per heavy atom. The summed E-state index contributed by atoms with van der Waals surface area (Å²) in [7, 11) is 1.84. The third-order valence-corrected chi connectivity index (χ3v) is 4.18. The van der Waals surface area contributed by atoms with Crippen LogP contribution in [0.4, 0.5) is 8.78 Å². The molecular weight excluding hydrogens is 264 g/mol. The molecule has 0 bridgehead atoms. The minimum absolute atomic E-state index is 0.0652. The minimum atomic E-state index is -2.57. The average molecular weight is 285 g/mol. The van der Waals surface area contributed by atoms with E-state index < -0.39 is 5.92 Å². The van der Waals surface area contributed by atoms with Gasteiger partial charge in [-0.2, -0.15) is 0 Å². The summed E-state index contributed by atoms with van der Waals surface area (Å²) in [4.78, 5) is 12.9. The molecule has 3 atom stereocenters. The fraction of sp³-hybridized carbons (Fsp3) is 0.643. The van der Waals surface area contributed by atoms with E-state index in [0.29, 0.717) is 6.42 Å². The highest BCUT2D eigenvalue weighted by Crippen LogP contribution is 2.43. The standard InChI is InChI=1S/C14H21F2N3O/c1-9(8-20)12-11(4-6-17)19(2)13(18-12)10-3-5-14(15,16)7-10/h4,6,8-10,13,18H,3,5,7,17H2,1-2H3/b6-4-. The molecule has 1 saturated carbocycles. The van der Waals surface area contributed by atoms with Crippen LogP contribution in [0, 0.1) is 11.8 Å². The fourth-order valence-electron chi connectivity index (χ4n) is 3.09. The van der Waals surface area contributed by atoms with Crippen LogP contribution >= 0.6 is 0 Å². The number of hydrogen-bond donors (Lipinski definition) is 2. The summed E-state index contributed by atoms with van der Waals surface area (Å²) in [5.41, 5.74) is 6.99. The van der Waals surface area contributed by atoms with Crippen LogP contribution in [0.3, 0.4) is 0 Å². The Bertz CT molecular complexity index is 448. The smallest absolute Gasteiger partial charge is 0.248 e. The van der Waals surface area contributed by atoms with Gasteiger partial charge >= 0.3 is 0 Å². The van der Waals surface area contributed by atoms with Crippen molar-refractivity contribution in [1.29, 1.82) is 0 Å². The Hall–Kier alpha value is -1.59. The first-order chi connectivity index (χ1) is 9.39. The molecule has 0 aromatic rings. The lowest BCUT2D eigenvalue weighted by molar-refractivity contribution is -0.109. The second-order valence-electron chi connectivity index (χ2n) is 5.64. The van der Waals surface area contributed by atoms with Crippen LogP contribution in [0.15, 0.2) is 23.7 Å². The molecule has 0 saturated heterocycles. The predicted molar refractivity (Wildman–Crippen MR) is 72.6 cm³/mol. The number of alkyl halides is 2. The van der Waals surface area contributed by atoms with Crippen LogP contribution in [0.2, 0.25) is 0 Å². The van der Waals surface area contributed by atoms with E-state index in [1.54, 1.807) is 13.0 Å². The molecule has 0 aromatic heterocycles. The van der Waals surface area contributed by atoms with E-state index in [1.165, 1.54) is 6.20 Å². The summed E-state index contributed by atoms with van der Waals surface area (Å²) in [6.45, 7) is 1.78. The normalized spacial score (nSPS) is 30.9. The van der Waals surface area contributed by atoms with Crippen molar-refractivity contribution in [2.24, 2.45) is 17.6 Å². The number of carbonyl (C=O) groups excluding carboxylic acids is 1. The summed E-state index contributed by atoms with van der Waals surface area (Å²) in [5.74, 6) is -3.01. The molecule has 1 heterocycles. The van der Waals surface area contributed by atoms with Crippen molar-refractivity contribution in [3.05, 3.63) is 23.7 Å². The van der Waals surface area contributed by atoms with E-state index in [2.05, 4.69) is 5.32 Å². The fourth-order valence-corrected chi connectivity index (χ4v) is 3.09. The Morgan fingerprint density at radius 3 is 2.75 bits per heavy atom. The summed E-state index contributed by atoms with van der Waals surface area (Å²) in [5, 5.41) is 3.24. The van der Waals surface area contributed by atoms with Gasteiger partial charge < -0.3 is 20.7 Å². The molecule has 1 aliphatic carbocycles. The topological polar surface area (TPSA) is 58.4 Å². The molecule has 1 fully saturated rings. The first kappa shape index (κ1) is 14.8. The number of nitrogens with two attached hydrogens (primary N) is 1. The highest BCUT2D eigenvalue weighted by Gasteiger charge is 2.46. The molecule has 6 heteroatoms. The van der Waals surface area contributed by atoms with E-state index in [0.717, 1.165) is 17.7 Å². The number of hydrogen-bond acceptors (Lipinski definition) is 4. The molecule has 20 heavy (non-hydrogen) atoms. The summed E-state index contributed by atoms with van der Waals surface area (Å²) in [6, 6.07) is 0. The van der Waals surface area contributed by atoms with Crippen LogP contribution in [0.25, 0.3) is 0 Å². The van der Waals surface area contributed by atoms with Crippen molar-refractivity contribution in [3.63, 3.8) is 0 Å². The highest BCUT2D eigenvalue weighted by molar-refractivity contribution is 5.59. The monoisotopic (exact) mass is 285 g/mol. The van der Waals surface area contributed by atoms with Gasteiger partial charge in [0, 0.05) is 31.5 Å². The van der Waals surface area contributed by atoms with Gasteiger partial charge in [0.1, 0.15) is 12.5 Å². The first-order valence-corrected chi connectivity index (χ1v) is 6.84. The molecule has 3 N–H and O–H groups in total. The quantitative estimate of drug-likeness (QED) is 0.773. The minimum Gasteiger partial charge on any atom is -0.405 e. The van der Waals surface area contributed by atoms with Crippen molar-refractivity contribution in [1.82, 2.24) is 10.2 Å². The zero-order valence-corrected chi connectivity index (χ0v) is 11.8.